The van der Waals surface area contributed by atoms with Crippen LogP contribution in [0.1, 0.15) is 16.8 Å². The number of ether oxygens (including phenoxy) is 1. The first-order chi connectivity index (χ1) is 12.6. The summed E-state index contributed by atoms with van der Waals surface area (Å²) in [6.45, 7) is -0.210. The Labute approximate surface area is 161 Å². The van der Waals surface area contributed by atoms with Crippen molar-refractivity contribution in [2.75, 3.05) is 24.3 Å². The van der Waals surface area contributed by atoms with E-state index in [2.05, 4.69) is 0 Å². The highest BCUT2D eigenvalue weighted by Gasteiger charge is 2.19. The molecule has 134 valence electrons. The Morgan fingerprint density at radius 1 is 1.23 bits per heavy atom. The Balaban J connectivity index is 2.07. The third-order valence-corrected chi connectivity index (χ3v) is 4.59. The summed E-state index contributed by atoms with van der Waals surface area (Å²) in [5.74, 6) is -1.07. The van der Waals surface area contributed by atoms with E-state index in [9.17, 15) is 9.59 Å². The Kier molecular flexibility index (Phi) is 7.52. The Morgan fingerprint density at radius 2 is 1.96 bits per heavy atom. The maximum Gasteiger partial charge on any atom is 0.340 e. The van der Waals surface area contributed by atoms with Gasteiger partial charge in [-0.2, -0.15) is 5.26 Å². The largest absolute Gasteiger partial charge is 0.452 e. The first-order valence-electron chi connectivity index (χ1n) is 7.80. The molecule has 0 aromatic heterocycles. The van der Waals surface area contributed by atoms with E-state index in [1.165, 1.54) is 16.7 Å². The molecule has 5 nitrogen and oxygen atoms in total. The number of hydrogen-bond donors (Lipinski definition) is 0. The van der Waals surface area contributed by atoms with Crippen molar-refractivity contribution in [3.05, 3.63) is 59.1 Å². The number of halogens is 1. The number of rotatable bonds is 7. The number of esters is 1. The summed E-state index contributed by atoms with van der Waals surface area (Å²) in [5.41, 5.74) is 0.862. The molecule has 0 aliphatic rings. The molecule has 0 aliphatic heterocycles. The molecule has 2 aromatic rings. The molecule has 1 amide bonds. The molecule has 0 heterocycles. The van der Waals surface area contributed by atoms with Gasteiger partial charge in [-0.25, -0.2) is 4.79 Å². The highest BCUT2D eigenvalue weighted by molar-refractivity contribution is 7.98. The lowest BCUT2D eigenvalue weighted by Gasteiger charge is -2.21. The SMILES string of the molecule is CSc1ccc(Cl)c(C(=O)OCC(=O)N(CCC#N)c2ccccc2)c1. The molecule has 0 spiro atoms. The van der Waals surface area contributed by atoms with Crippen LogP contribution in [0.25, 0.3) is 0 Å². The number of carbonyl (C=O) groups excluding carboxylic acids is 2. The van der Waals surface area contributed by atoms with Crippen LogP contribution < -0.4 is 4.90 Å². The third-order valence-electron chi connectivity index (χ3n) is 3.54. The molecule has 26 heavy (non-hydrogen) atoms. The molecule has 0 bridgehead atoms. The first kappa shape index (κ1) is 19.8. The Morgan fingerprint density at radius 3 is 2.62 bits per heavy atom. The van der Waals surface area contributed by atoms with E-state index in [0.717, 1.165) is 4.90 Å². The quantitative estimate of drug-likeness (QED) is 0.526. The van der Waals surface area contributed by atoms with Gasteiger partial charge in [0.1, 0.15) is 0 Å². The second-order valence-electron chi connectivity index (χ2n) is 5.21. The molecule has 0 fully saturated rings. The van der Waals surface area contributed by atoms with E-state index < -0.39 is 18.5 Å². The predicted molar refractivity (Wildman–Crippen MR) is 103 cm³/mol. The second kappa shape index (κ2) is 9.85. The van der Waals surface area contributed by atoms with Crippen LogP contribution in [0.3, 0.4) is 0 Å². The van der Waals surface area contributed by atoms with Crippen LogP contribution in [0, 0.1) is 11.3 Å². The fraction of sp³-hybridized carbons (Fsp3) is 0.211. The number of hydrogen-bond acceptors (Lipinski definition) is 5. The number of thioether (sulfide) groups is 1. The van der Waals surface area contributed by atoms with Gasteiger partial charge in [0.2, 0.25) is 0 Å². The second-order valence-corrected chi connectivity index (χ2v) is 6.50. The van der Waals surface area contributed by atoms with Crippen molar-refractivity contribution >= 4 is 40.9 Å². The number of para-hydroxylation sites is 1. The highest BCUT2D eigenvalue weighted by Crippen LogP contribution is 2.23. The van der Waals surface area contributed by atoms with Crippen LogP contribution in [-0.2, 0) is 9.53 Å². The minimum Gasteiger partial charge on any atom is -0.452 e. The normalized spacial score (nSPS) is 10.0. The number of anilines is 1. The molecule has 0 aliphatic carbocycles. The minimum atomic E-state index is -0.660. The highest BCUT2D eigenvalue weighted by atomic mass is 35.5. The van der Waals surface area contributed by atoms with Gasteiger partial charge in [0.15, 0.2) is 6.61 Å². The van der Waals surface area contributed by atoms with Crippen molar-refractivity contribution in [1.82, 2.24) is 0 Å². The minimum absolute atomic E-state index is 0.177. The van der Waals surface area contributed by atoms with Crippen LogP contribution in [0.4, 0.5) is 5.69 Å². The number of nitrogens with zero attached hydrogens (tertiary/aromatic N) is 2. The summed E-state index contributed by atoms with van der Waals surface area (Å²) in [6.07, 6.45) is 2.06. The van der Waals surface area contributed by atoms with Gasteiger partial charge in [-0.05, 0) is 36.6 Å². The van der Waals surface area contributed by atoms with Crippen molar-refractivity contribution in [1.29, 1.82) is 5.26 Å². The molecule has 0 unspecified atom stereocenters. The van der Waals surface area contributed by atoms with E-state index in [-0.39, 0.29) is 23.6 Å². The fourth-order valence-electron chi connectivity index (χ4n) is 2.24. The van der Waals surface area contributed by atoms with Crippen molar-refractivity contribution in [3.8, 4) is 6.07 Å². The molecule has 0 atom stereocenters. The summed E-state index contributed by atoms with van der Waals surface area (Å²) in [4.78, 5) is 27.1. The van der Waals surface area contributed by atoms with E-state index in [0.29, 0.717) is 5.69 Å². The summed E-state index contributed by atoms with van der Waals surface area (Å²) >= 11 is 7.52. The lowest BCUT2D eigenvalue weighted by molar-refractivity contribution is -0.121. The van der Waals surface area contributed by atoms with Gasteiger partial charge >= 0.3 is 5.97 Å². The number of carbonyl (C=O) groups is 2. The molecule has 0 saturated heterocycles. The molecule has 0 N–H and O–H groups in total. The van der Waals surface area contributed by atoms with Crippen LogP contribution in [-0.4, -0.2) is 31.3 Å². The van der Waals surface area contributed by atoms with E-state index in [1.807, 2.05) is 18.4 Å². The van der Waals surface area contributed by atoms with Crippen LogP contribution in [0.15, 0.2) is 53.4 Å². The first-order valence-corrected chi connectivity index (χ1v) is 9.40. The third kappa shape index (κ3) is 5.25. The van der Waals surface area contributed by atoms with Crippen molar-refractivity contribution in [2.45, 2.75) is 11.3 Å². The number of nitriles is 1. The van der Waals surface area contributed by atoms with Gasteiger partial charge in [0, 0.05) is 17.1 Å². The van der Waals surface area contributed by atoms with E-state index in [4.69, 9.17) is 21.6 Å². The summed E-state index contributed by atoms with van der Waals surface area (Å²) in [6, 6.07) is 16.0. The summed E-state index contributed by atoms with van der Waals surface area (Å²) in [5, 5.41) is 9.07. The molecule has 0 saturated carbocycles. The zero-order valence-electron chi connectivity index (χ0n) is 14.1. The Hall–Kier alpha value is -2.49. The maximum absolute atomic E-state index is 12.5. The summed E-state index contributed by atoms with van der Waals surface area (Å²) in [7, 11) is 0. The van der Waals surface area contributed by atoms with Gasteiger partial charge in [0.05, 0.1) is 23.1 Å². The van der Waals surface area contributed by atoms with Gasteiger partial charge in [-0.15, -0.1) is 11.8 Å². The van der Waals surface area contributed by atoms with Gasteiger partial charge in [-0.3, -0.25) is 4.79 Å². The zero-order chi connectivity index (χ0) is 18.9. The Bertz CT molecular complexity index is 821. The lowest BCUT2D eigenvalue weighted by atomic mass is 10.2. The smallest absolute Gasteiger partial charge is 0.340 e. The molecular weight excluding hydrogens is 372 g/mol. The molecule has 2 rings (SSSR count). The van der Waals surface area contributed by atoms with Crippen LogP contribution in [0.5, 0.6) is 0 Å². The number of benzene rings is 2. The average molecular weight is 389 g/mol. The van der Waals surface area contributed by atoms with Gasteiger partial charge < -0.3 is 9.64 Å². The van der Waals surface area contributed by atoms with Crippen LogP contribution >= 0.6 is 23.4 Å². The topological polar surface area (TPSA) is 70.4 Å². The van der Waals surface area contributed by atoms with E-state index in [1.54, 1.807) is 42.5 Å². The summed E-state index contributed by atoms with van der Waals surface area (Å²) < 4.78 is 5.15. The number of amides is 1. The molecule has 0 radical (unpaired) electrons. The maximum atomic E-state index is 12.5. The lowest BCUT2D eigenvalue weighted by Crippen LogP contribution is -2.35. The monoisotopic (exact) mass is 388 g/mol. The average Bonchev–Trinajstić information content (AvgIpc) is 2.67. The van der Waals surface area contributed by atoms with Crippen LogP contribution in [0.2, 0.25) is 5.02 Å². The molecular formula is C19H17ClN2O3S. The predicted octanol–water partition coefficient (Wildman–Crippen LogP) is 4.17. The standard InChI is InChI=1S/C19H17ClN2O3S/c1-26-15-8-9-17(20)16(12-15)19(24)25-13-18(23)22(11-5-10-21)14-6-3-2-4-7-14/h2-4,6-9,12H,5,11,13H2,1H3. The fourth-order valence-corrected chi connectivity index (χ4v) is 2.87. The van der Waals surface area contributed by atoms with Crippen molar-refractivity contribution < 1.29 is 14.3 Å². The molecule has 7 heteroatoms. The van der Waals surface area contributed by atoms with E-state index >= 15 is 0 Å². The van der Waals surface area contributed by atoms with Gasteiger partial charge in [-0.1, -0.05) is 29.8 Å². The van der Waals surface area contributed by atoms with Crippen molar-refractivity contribution in [2.24, 2.45) is 0 Å². The van der Waals surface area contributed by atoms with Crippen molar-refractivity contribution in [3.63, 3.8) is 0 Å². The van der Waals surface area contributed by atoms with Gasteiger partial charge in [0.25, 0.3) is 5.91 Å². The zero-order valence-corrected chi connectivity index (χ0v) is 15.7. The molecule has 2 aromatic carbocycles.